The van der Waals surface area contributed by atoms with Crippen molar-refractivity contribution < 1.29 is 4.42 Å². The highest BCUT2D eigenvalue weighted by Gasteiger charge is 2.18. The van der Waals surface area contributed by atoms with Crippen molar-refractivity contribution >= 4 is 11.8 Å². The summed E-state index contributed by atoms with van der Waals surface area (Å²) < 4.78 is 5.67. The van der Waals surface area contributed by atoms with Gasteiger partial charge in [0.15, 0.2) is 0 Å². The normalized spacial score (nSPS) is 12.0. The molecule has 15 heavy (non-hydrogen) atoms. The highest BCUT2D eigenvalue weighted by molar-refractivity contribution is 7.98. The van der Waals surface area contributed by atoms with Gasteiger partial charge >= 0.3 is 0 Å². The zero-order valence-corrected chi connectivity index (χ0v) is 10.6. The molecule has 0 saturated carbocycles. The van der Waals surface area contributed by atoms with Crippen LogP contribution in [0, 0.1) is 0 Å². The van der Waals surface area contributed by atoms with Gasteiger partial charge in [-0.3, -0.25) is 0 Å². The predicted octanol–water partition coefficient (Wildman–Crippen LogP) is 2.55. The Morgan fingerprint density at radius 3 is 2.73 bits per heavy atom. The van der Waals surface area contributed by atoms with E-state index in [1.807, 2.05) is 18.0 Å². The molecule has 0 bridgehead atoms. The van der Waals surface area contributed by atoms with Crippen LogP contribution in [0.25, 0.3) is 0 Å². The van der Waals surface area contributed by atoms with Crippen molar-refractivity contribution in [2.75, 3.05) is 12.3 Å². The summed E-state index contributed by atoms with van der Waals surface area (Å²) in [6.45, 7) is 7.13. The van der Waals surface area contributed by atoms with Crippen LogP contribution in [0.3, 0.4) is 0 Å². The number of nitrogens with two attached hydrogens (primary N) is 1. The molecule has 3 nitrogen and oxygen atoms in total. The molecule has 0 radical (unpaired) electrons. The Morgan fingerprint density at radius 1 is 1.47 bits per heavy atom. The predicted molar refractivity (Wildman–Crippen MR) is 65.0 cm³/mol. The fourth-order valence-electron chi connectivity index (χ4n) is 1.07. The van der Waals surface area contributed by atoms with Crippen LogP contribution in [0.15, 0.2) is 10.6 Å². The Balaban J connectivity index is 2.40. The van der Waals surface area contributed by atoms with Gasteiger partial charge in [-0.15, -0.1) is 0 Å². The van der Waals surface area contributed by atoms with Crippen LogP contribution in [0.4, 0.5) is 0 Å². The van der Waals surface area contributed by atoms with Crippen LogP contribution < -0.4 is 5.73 Å². The number of nitrogens with zero attached hydrogens (tertiary/aromatic N) is 1. The summed E-state index contributed by atoms with van der Waals surface area (Å²) in [4.78, 5) is 4.26. The number of hydrogen-bond donors (Lipinski definition) is 1. The van der Waals surface area contributed by atoms with Crippen molar-refractivity contribution in [3.63, 3.8) is 0 Å². The van der Waals surface area contributed by atoms with Gasteiger partial charge in [-0.05, 0) is 18.7 Å². The summed E-state index contributed by atoms with van der Waals surface area (Å²) in [5.74, 6) is 3.69. The number of rotatable bonds is 5. The van der Waals surface area contributed by atoms with Gasteiger partial charge in [0.05, 0.1) is 11.9 Å². The molecule has 0 aliphatic heterocycles. The van der Waals surface area contributed by atoms with Crippen LogP contribution in [-0.4, -0.2) is 17.3 Å². The Hall–Kier alpha value is -0.480. The third-order valence-corrected chi connectivity index (χ3v) is 3.04. The van der Waals surface area contributed by atoms with Crippen molar-refractivity contribution in [1.82, 2.24) is 4.98 Å². The lowest BCUT2D eigenvalue weighted by Crippen LogP contribution is -2.09. The molecule has 0 aliphatic rings. The lowest BCUT2D eigenvalue weighted by molar-refractivity contribution is 0.391. The third kappa shape index (κ3) is 4.26. The lowest BCUT2D eigenvalue weighted by atomic mass is 9.94. The quantitative estimate of drug-likeness (QED) is 0.787. The Bertz CT molecular complexity index is 291. The molecule has 86 valence electrons. The van der Waals surface area contributed by atoms with E-state index in [-0.39, 0.29) is 5.41 Å². The molecule has 0 fully saturated rings. The highest BCUT2D eigenvalue weighted by atomic mass is 32.2. The minimum absolute atomic E-state index is 0.0488. The smallest absolute Gasteiger partial charge is 0.204 e. The van der Waals surface area contributed by atoms with E-state index in [1.54, 1.807) is 0 Å². The summed E-state index contributed by atoms with van der Waals surface area (Å²) in [6.07, 6.45) is 2.89. The SMILES string of the molecule is CC(C)(C)c1cnc(CSCCCN)o1. The average molecular weight is 228 g/mol. The van der Waals surface area contributed by atoms with E-state index >= 15 is 0 Å². The van der Waals surface area contributed by atoms with Gasteiger partial charge in [0.2, 0.25) is 5.89 Å². The Kier molecular flexibility index (Phi) is 4.67. The molecule has 0 saturated heterocycles. The number of hydrogen-bond acceptors (Lipinski definition) is 4. The molecule has 1 aromatic rings. The van der Waals surface area contributed by atoms with Crippen molar-refractivity contribution in [3.8, 4) is 0 Å². The monoisotopic (exact) mass is 228 g/mol. The van der Waals surface area contributed by atoms with Gasteiger partial charge in [0.1, 0.15) is 5.76 Å². The van der Waals surface area contributed by atoms with Crippen LogP contribution in [0.5, 0.6) is 0 Å². The largest absolute Gasteiger partial charge is 0.444 e. The van der Waals surface area contributed by atoms with E-state index in [1.165, 1.54) is 0 Å². The van der Waals surface area contributed by atoms with Crippen LogP contribution >= 0.6 is 11.8 Å². The fourth-order valence-corrected chi connectivity index (χ4v) is 1.89. The molecule has 0 spiro atoms. The van der Waals surface area contributed by atoms with Crippen LogP contribution in [-0.2, 0) is 11.2 Å². The molecular formula is C11H20N2OS. The average Bonchev–Trinajstić information content (AvgIpc) is 2.60. The van der Waals surface area contributed by atoms with E-state index < -0.39 is 0 Å². The summed E-state index contributed by atoms with van der Waals surface area (Å²) in [7, 11) is 0. The van der Waals surface area contributed by atoms with E-state index in [2.05, 4.69) is 25.8 Å². The fraction of sp³-hybridized carbons (Fsp3) is 0.727. The van der Waals surface area contributed by atoms with Gasteiger partial charge in [0, 0.05) is 5.41 Å². The standard InChI is InChI=1S/C11H20N2OS/c1-11(2,3)9-7-13-10(14-9)8-15-6-4-5-12/h7H,4-6,8,12H2,1-3H3. The minimum atomic E-state index is 0.0488. The summed E-state index contributed by atoms with van der Waals surface area (Å²) in [5.41, 5.74) is 5.47. The van der Waals surface area contributed by atoms with Crippen LogP contribution in [0.1, 0.15) is 38.8 Å². The van der Waals surface area contributed by atoms with Gasteiger partial charge in [-0.25, -0.2) is 4.98 Å². The molecule has 0 atom stereocenters. The van der Waals surface area contributed by atoms with Gasteiger partial charge in [0.25, 0.3) is 0 Å². The number of oxazole rings is 1. The molecule has 0 aromatic carbocycles. The maximum Gasteiger partial charge on any atom is 0.204 e. The molecule has 2 N–H and O–H groups in total. The molecule has 0 amide bonds. The van der Waals surface area contributed by atoms with Gasteiger partial charge in [-0.2, -0.15) is 11.8 Å². The zero-order chi connectivity index (χ0) is 11.3. The maximum absolute atomic E-state index is 5.67. The summed E-state index contributed by atoms with van der Waals surface area (Å²) in [6, 6.07) is 0. The van der Waals surface area contributed by atoms with Crippen molar-refractivity contribution in [3.05, 3.63) is 17.8 Å². The Labute approximate surface area is 95.8 Å². The third-order valence-electron chi connectivity index (χ3n) is 2.01. The Morgan fingerprint density at radius 2 is 2.20 bits per heavy atom. The molecule has 1 heterocycles. The van der Waals surface area contributed by atoms with Gasteiger partial charge in [-0.1, -0.05) is 20.8 Å². The van der Waals surface area contributed by atoms with Gasteiger partial charge < -0.3 is 10.2 Å². The summed E-state index contributed by atoms with van der Waals surface area (Å²) >= 11 is 1.82. The molecule has 1 rings (SSSR count). The zero-order valence-electron chi connectivity index (χ0n) is 9.75. The van der Waals surface area contributed by atoms with Crippen molar-refractivity contribution in [2.45, 2.75) is 38.4 Å². The van der Waals surface area contributed by atoms with E-state index in [0.717, 1.165) is 36.1 Å². The highest BCUT2D eigenvalue weighted by Crippen LogP contribution is 2.24. The molecular weight excluding hydrogens is 208 g/mol. The molecule has 1 aromatic heterocycles. The summed E-state index contributed by atoms with van der Waals surface area (Å²) in [5, 5.41) is 0. The van der Waals surface area contributed by atoms with Crippen LogP contribution in [0.2, 0.25) is 0 Å². The molecule has 4 heteroatoms. The second-order valence-corrected chi connectivity index (χ2v) is 5.67. The second kappa shape index (κ2) is 5.56. The number of aromatic nitrogens is 1. The van der Waals surface area contributed by atoms with E-state index in [9.17, 15) is 0 Å². The minimum Gasteiger partial charge on any atom is -0.444 e. The van der Waals surface area contributed by atoms with E-state index in [0.29, 0.717) is 0 Å². The van der Waals surface area contributed by atoms with E-state index in [4.69, 9.17) is 10.2 Å². The first-order valence-electron chi connectivity index (χ1n) is 5.27. The molecule has 0 aliphatic carbocycles. The molecule has 0 unspecified atom stereocenters. The first kappa shape index (κ1) is 12.6. The van der Waals surface area contributed by atoms with Crippen molar-refractivity contribution in [1.29, 1.82) is 0 Å². The van der Waals surface area contributed by atoms with Crippen molar-refractivity contribution in [2.24, 2.45) is 5.73 Å². The second-order valence-electron chi connectivity index (χ2n) is 4.56. The maximum atomic E-state index is 5.67. The first-order valence-corrected chi connectivity index (χ1v) is 6.42. The number of thioether (sulfide) groups is 1. The topological polar surface area (TPSA) is 52.0 Å². The lowest BCUT2D eigenvalue weighted by Gasteiger charge is -2.13. The first-order chi connectivity index (χ1) is 7.04.